The summed E-state index contributed by atoms with van der Waals surface area (Å²) in [5.74, 6) is 2.77. The summed E-state index contributed by atoms with van der Waals surface area (Å²) in [5, 5.41) is 12.2. The average molecular weight is 346 g/mol. The van der Waals surface area contributed by atoms with Crippen LogP contribution in [0.3, 0.4) is 0 Å². The first-order chi connectivity index (χ1) is 11.8. The summed E-state index contributed by atoms with van der Waals surface area (Å²) in [6.45, 7) is 3.87. The second-order valence-electron chi connectivity index (χ2n) is 5.66. The number of rotatable bonds is 9. The fourth-order valence-electron chi connectivity index (χ4n) is 2.40. The minimum Gasteiger partial charge on any atom is -0.492 e. The molecular formula is C17H22N4O2S. The summed E-state index contributed by atoms with van der Waals surface area (Å²) in [6.07, 6.45) is 2.40. The lowest BCUT2D eigenvalue weighted by Gasteiger charge is -2.08. The molecule has 1 heterocycles. The third-order valence-electron chi connectivity index (χ3n) is 3.77. The Hall–Kier alpha value is -2.02. The maximum Gasteiger partial charge on any atom is 0.230 e. The summed E-state index contributed by atoms with van der Waals surface area (Å²) < 4.78 is 7.66. The Labute approximate surface area is 146 Å². The highest BCUT2D eigenvalue weighted by Gasteiger charge is 2.30. The molecule has 0 spiro atoms. The Balaban J connectivity index is 1.38. The Morgan fingerprint density at radius 2 is 2.12 bits per heavy atom. The lowest BCUT2D eigenvalue weighted by Crippen LogP contribution is -2.29. The van der Waals surface area contributed by atoms with Crippen LogP contribution in [0.25, 0.3) is 0 Å². The van der Waals surface area contributed by atoms with Gasteiger partial charge in [0.25, 0.3) is 0 Å². The van der Waals surface area contributed by atoms with Crippen molar-refractivity contribution in [1.82, 2.24) is 20.1 Å². The highest BCUT2D eigenvalue weighted by molar-refractivity contribution is 7.99. The van der Waals surface area contributed by atoms with Crippen LogP contribution in [0.4, 0.5) is 0 Å². The van der Waals surface area contributed by atoms with Gasteiger partial charge in [0.15, 0.2) is 5.16 Å². The molecule has 1 N–H and O–H groups in total. The summed E-state index contributed by atoms with van der Waals surface area (Å²) in [7, 11) is 0. The zero-order valence-electron chi connectivity index (χ0n) is 13.8. The van der Waals surface area contributed by atoms with E-state index in [2.05, 4.69) is 27.0 Å². The number of aromatic nitrogens is 3. The first-order valence-corrected chi connectivity index (χ1v) is 9.27. The van der Waals surface area contributed by atoms with Crippen molar-refractivity contribution in [2.45, 2.75) is 37.4 Å². The standard InChI is InChI=1S/C17H22N4O2S/c1-2-21-16(13-8-9-13)19-20-17(21)24-12-15(22)18-10-11-23-14-6-4-3-5-7-14/h3-7,13H,2,8-12H2,1H3,(H,18,22). The first kappa shape index (κ1) is 16.8. The van der Waals surface area contributed by atoms with E-state index in [1.54, 1.807) is 0 Å². The number of nitrogens with one attached hydrogen (secondary N) is 1. The van der Waals surface area contributed by atoms with Gasteiger partial charge in [-0.1, -0.05) is 30.0 Å². The summed E-state index contributed by atoms with van der Waals surface area (Å²) in [4.78, 5) is 11.9. The van der Waals surface area contributed by atoms with Gasteiger partial charge in [-0.05, 0) is 31.9 Å². The van der Waals surface area contributed by atoms with Gasteiger partial charge in [-0.2, -0.15) is 0 Å². The SMILES string of the molecule is CCn1c(SCC(=O)NCCOc2ccccc2)nnc1C1CC1. The van der Waals surface area contributed by atoms with Crippen LogP contribution < -0.4 is 10.1 Å². The molecule has 1 aliphatic rings. The molecule has 0 atom stereocenters. The summed E-state index contributed by atoms with van der Waals surface area (Å²) in [6, 6.07) is 9.57. The van der Waals surface area contributed by atoms with Gasteiger partial charge < -0.3 is 14.6 Å². The van der Waals surface area contributed by atoms with Crippen molar-refractivity contribution in [2.24, 2.45) is 0 Å². The molecule has 0 saturated heterocycles. The van der Waals surface area contributed by atoms with E-state index in [1.807, 2.05) is 30.3 Å². The van der Waals surface area contributed by atoms with Crippen LogP contribution in [0, 0.1) is 0 Å². The van der Waals surface area contributed by atoms with Crippen molar-refractivity contribution >= 4 is 17.7 Å². The Morgan fingerprint density at radius 1 is 1.33 bits per heavy atom. The minimum absolute atomic E-state index is 0.0183. The minimum atomic E-state index is -0.0183. The molecule has 0 unspecified atom stereocenters. The van der Waals surface area contributed by atoms with Crippen LogP contribution in [0.5, 0.6) is 5.75 Å². The van der Waals surface area contributed by atoms with Crippen LogP contribution in [-0.2, 0) is 11.3 Å². The maximum atomic E-state index is 11.9. The molecule has 1 saturated carbocycles. The van der Waals surface area contributed by atoms with Crippen molar-refractivity contribution in [1.29, 1.82) is 0 Å². The zero-order valence-corrected chi connectivity index (χ0v) is 14.6. The molecule has 0 aliphatic heterocycles. The fourth-order valence-corrected chi connectivity index (χ4v) is 3.24. The number of benzene rings is 1. The quantitative estimate of drug-likeness (QED) is 0.558. The number of para-hydroxylation sites is 1. The molecule has 0 bridgehead atoms. The van der Waals surface area contributed by atoms with Crippen molar-refractivity contribution in [3.05, 3.63) is 36.2 Å². The van der Waals surface area contributed by atoms with Crippen molar-refractivity contribution in [2.75, 3.05) is 18.9 Å². The van der Waals surface area contributed by atoms with Crippen molar-refractivity contribution in [3.8, 4) is 5.75 Å². The van der Waals surface area contributed by atoms with Gasteiger partial charge in [0.05, 0.1) is 12.3 Å². The average Bonchev–Trinajstić information content (AvgIpc) is 3.37. The molecule has 24 heavy (non-hydrogen) atoms. The van der Waals surface area contributed by atoms with E-state index in [-0.39, 0.29) is 5.91 Å². The number of carbonyl (C=O) groups is 1. The summed E-state index contributed by atoms with van der Waals surface area (Å²) in [5.41, 5.74) is 0. The van der Waals surface area contributed by atoms with Crippen molar-refractivity contribution in [3.63, 3.8) is 0 Å². The lowest BCUT2D eigenvalue weighted by atomic mass is 10.3. The summed E-state index contributed by atoms with van der Waals surface area (Å²) >= 11 is 1.44. The van der Waals surface area contributed by atoms with Gasteiger partial charge in [-0.25, -0.2) is 0 Å². The third-order valence-corrected chi connectivity index (χ3v) is 4.74. The normalized spacial score (nSPS) is 13.7. The van der Waals surface area contributed by atoms with Crippen LogP contribution in [0.2, 0.25) is 0 Å². The predicted octanol–water partition coefficient (Wildman–Crippen LogP) is 2.46. The molecule has 3 rings (SSSR count). The van der Waals surface area contributed by atoms with Gasteiger partial charge >= 0.3 is 0 Å². The van der Waals surface area contributed by atoms with Gasteiger partial charge in [0.1, 0.15) is 18.2 Å². The number of nitrogens with zero attached hydrogens (tertiary/aromatic N) is 3. The van der Waals surface area contributed by atoms with E-state index in [1.165, 1.54) is 24.6 Å². The van der Waals surface area contributed by atoms with Gasteiger partial charge in [-0.3, -0.25) is 4.79 Å². The zero-order chi connectivity index (χ0) is 16.8. The molecule has 7 heteroatoms. The van der Waals surface area contributed by atoms with E-state index in [0.29, 0.717) is 24.8 Å². The van der Waals surface area contributed by atoms with Crippen molar-refractivity contribution < 1.29 is 9.53 Å². The second kappa shape index (κ2) is 8.19. The molecule has 0 radical (unpaired) electrons. The van der Waals surface area contributed by atoms with E-state index in [9.17, 15) is 4.79 Å². The topological polar surface area (TPSA) is 69.0 Å². The number of hydrogen-bond donors (Lipinski definition) is 1. The van der Waals surface area contributed by atoms with Crippen LogP contribution in [0.1, 0.15) is 31.5 Å². The smallest absolute Gasteiger partial charge is 0.230 e. The van der Waals surface area contributed by atoms with Crippen LogP contribution in [-0.4, -0.2) is 39.6 Å². The van der Waals surface area contributed by atoms with Crippen LogP contribution >= 0.6 is 11.8 Å². The largest absolute Gasteiger partial charge is 0.492 e. The lowest BCUT2D eigenvalue weighted by molar-refractivity contribution is -0.118. The molecule has 1 aromatic heterocycles. The number of ether oxygens (including phenoxy) is 1. The third kappa shape index (κ3) is 4.50. The molecule has 1 amide bonds. The molecular weight excluding hydrogens is 324 g/mol. The Kier molecular flexibility index (Phi) is 5.74. The number of hydrogen-bond acceptors (Lipinski definition) is 5. The number of thioether (sulfide) groups is 1. The molecule has 1 fully saturated rings. The number of carbonyl (C=O) groups excluding carboxylic acids is 1. The van der Waals surface area contributed by atoms with E-state index in [0.717, 1.165) is 23.3 Å². The number of amides is 1. The molecule has 128 valence electrons. The predicted molar refractivity (Wildman–Crippen MR) is 93.3 cm³/mol. The first-order valence-electron chi connectivity index (χ1n) is 8.28. The fraction of sp³-hybridized carbons (Fsp3) is 0.471. The van der Waals surface area contributed by atoms with Gasteiger partial charge in [0, 0.05) is 12.5 Å². The van der Waals surface area contributed by atoms with Crippen LogP contribution in [0.15, 0.2) is 35.5 Å². The Morgan fingerprint density at radius 3 is 2.83 bits per heavy atom. The molecule has 2 aromatic rings. The van der Waals surface area contributed by atoms with E-state index >= 15 is 0 Å². The van der Waals surface area contributed by atoms with Gasteiger partial charge in [0.2, 0.25) is 5.91 Å². The molecule has 6 nitrogen and oxygen atoms in total. The van der Waals surface area contributed by atoms with Gasteiger partial charge in [-0.15, -0.1) is 10.2 Å². The highest BCUT2D eigenvalue weighted by Crippen LogP contribution is 2.39. The van der Waals surface area contributed by atoms with E-state index < -0.39 is 0 Å². The molecule has 1 aliphatic carbocycles. The van der Waals surface area contributed by atoms with E-state index in [4.69, 9.17) is 4.74 Å². The monoisotopic (exact) mass is 346 g/mol. The molecule has 1 aromatic carbocycles. The maximum absolute atomic E-state index is 11.9. The Bertz CT molecular complexity index is 670. The highest BCUT2D eigenvalue weighted by atomic mass is 32.2. The second-order valence-corrected chi connectivity index (χ2v) is 6.60.